The van der Waals surface area contributed by atoms with E-state index in [1.54, 1.807) is 22.9 Å². The van der Waals surface area contributed by atoms with Crippen LogP contribution in [0, 0.1) is 5.92 Å². The second-order valence-electron chi connectivity index (χ2n) is 15.2. The Kier molecular flexibility index (Phi) is 10.0. The van der Waals surface area contributed by atoms with Crippen LogP contribution in [-0.4, -0.2) is 61.4 Å². The minimum absolute atomic E-state index is 0.0803. The van der Waals surface area contributed by atoms with Crippen molar-refractivity contribution in [2.45, 2.75) is 101 Å². The van der Waals surface area contributed by atoms with Gasteiger partial charge in [-0.2, -0.15) is 0 Å². The largest absolute Gasteiger partial charge is 0.394 e. The van der Waals surface area contributed by atoms with Crippen molar-refractivity contribution in [3.63, 3.8) is 0 Å². The van der Waals surface area contributed by atoms with Gasteiger partial charge in [-0.3, -0.25) is 14.4 Å². The number of carbonyl (C=O) groups excluding carboxylic acids is 3. The Morgan fingerprint density at radius 1 is 1.02 bits per heavy atom. The number of amides is 3. The van der Waals surface area contributed by atoms with Crippen molar-refractivity contribution in [1.82, 2.24) is 4.90 Å². The number of rotatable bonds is 7. The van der Waals surface area contributed by atoms with Crippen molar-refractivity contribution in [2.75, 3.05) is 23.0 Å². The summed E-state index contributed by atoms with van der Waals surface area (Å²) in [6.45, 7) is 6.34. The number of aliphatic hydroxyl groups excluding tert-OH is 1. The van der Waals surface area contributed by atoms with Crippen LogP contribution in [0.25, 0.3) is 0 Å². The highest BCUT2D eigenvalue weighted by molar-refractivity contribution is 9.10. The molecule has 51 heavy (non-hydrogen) atoms. The lowest BCUT2D eigenvalue weighted by molar-refractivity contribution is -0.151. The van der Waals surface area contributed by atoms with Crippen molar-refractivity contribution in [3.8, 4) is 0 Å². The maximum atomic E-state index is 16.5. The molecule has 2 fully saturated rings. The van der Waals surface area contributed by atoms with Gasteiger partial charge in [0.25, 0.3) is 5.91 Å². The summed E-state index contributed by atoms with van der Waals surface area (Å²) in [7, 11) is -3.50. The second-order valence-corrected chi connectivity index (χ2v) is 19.9. The number of nitrogens with zero attached hydrogens (tertiary/aromatic N) is 3. The third-order valence-electron chi connectivity index (χ3n) is 11.6. The number of anilines is 2. The number of halogens is 2. The first kappa shape index (κ1) is 36.0. The molecule has 5 atom stereocenters. The number of benzene rings is 3. The van der Waals surface area contributed by atoms with E-state index in [2.05, 4.69) is 15.9 Å². The molecule has 270 valence electrons. The molecule has 0 saturated carbocycles. The Bertz CT molecular complexity index is 1820. The fourth-order valence-corrected chi connectivity index (χ4v) is 12.0. The number of hydrogen-bond donors (Lipinski definition) is 1. The summed E-state index contributed by atoms with van der Waals surface area (Å²) in [5.74, 6) is -0.866. The van der Waals surface area contributed by atoms with Crippen LogP contribution in [0.2, 0.25) is 18.6 Å². The summed E-state index contributed by atoms with van der Waals surface area (Å²) in [6, 6.07) is 21.1. The molecule has 8 nitrogen and oxygen atoms in total. The highest BCUT2D eigenvalue weighted by atomic mass is 79.9. The van der Waals surface area contributed by atoms with Gasteiger partial charge < -0.3 is 28.7 Å². The van der Waals surface area contributed by atoms with Crippen molar-refractivity contribution in [1.29, 1.82) is 0 Å². The van der Waals surface area contributed by atoms with E-state index in [1.807, 2.05) is 78.6 Å². The van der Waals surface area contributed by atoms with Crippen LogP contribution in [0.4, 0.5) is 15.5 Å². The third-order valence-corrected chi connectivity index (χ3v) is 14.5. The van der Waals surface area contributed by atoms with Gasteiger partial charge >= 0.3 is 0 Å². The van der Waals surface area contributed by atoms with Gasteiger partial charge in [-0.05, 0) is 79.4 Å². The Labute approximate surface area is 309 Å². The molecule has 4 aliphatic heterocycles. The van der Waals surface area contributed by atoms with Gasteiger partial charge in [0, 0.05) is 46.7 Å². The zero-order valence-corrected chi connectivity index (χ0v) is 32.2. The number of carbonyl (C=O) groups is 3. The van der Waals surface area contributed by atoms with Gasteiger partial charge in [-0.15, -0.1) is 0 Å². The standard InChI is InChI=1S/C40H47BrFN3O5Si/c1-26-38(51(2,3)42)35(22-37(48)44-24-29-11-8-7-10-28(29)20-32(44)25-46)50-40(26)33-21-30(41)15-18-34(33)45(39(40)49)23-27-13-16-31(17-14-27)43-19-9-5-4-6-12-36(43)47/h7-8,10-11,13-18,21,26,32,35,38,46H,4-6,9,12,19-20,22-25H2,1-3H3/t26-,32-,35+,38-,40+/m0/s1. The fraction of sp³-hybridized carbons (Fsp3) is 0.475. The minimum atomic E-state index is -3.50. The fourth-order valence-electron chi connectivity index (χ4n) is 9.10. The maximum Gasteiger partial charge on any atom is 0.264 e. The first-order valence-corrected chi connectivity index (χ1v) is 22.0. The van der Waals surface area contributed by atoms with E-state index in [0.717, 1.165) is 52.5 Å². The molecule has 0 radical (unpaired) electrons. The second kappa shape index (κ2) is 14.2. The summed E-state index contributed by atoms with van der Waals surface area (Å²) < 4.78 is 24.1. The zero-order chi connectivity index (χ0) is 36.1. The van der Waals surface area contributed by atoms with Gasteiger partial charge in [0.15, 0.2) is 5.60 Å². The third kappa shape index (κ3) is 6.60. The normalized spacial score (nSPS) is 26.7. The smallest absolute Gasteiger partial charge is 0.264 e. The van der Waals surface area contributed by atoms with Crippen LogP contribution >= 0.6 is 15.9 Å². The van der Waals surface area contributed by atoms with Crippen molar-refractivity contribution >= 4 is 53.4 Å². The lowest BCUT2D eigenvalue weighted by atomic mass is 9.82. The van der Waals surface area contributed by atoms with E-state index >= 15 is 4.11 Å². The predicted molar refractivity (Wildman–Crippen MR) is 201 cm³/mol. The molecular weight excluding hydrogens is 729 g/mol. The lowest BCUT2D eigenvalue weighted by Gasteiger charge is -2.37. The summed E-state index contributed by atoms with van der Waals surface area (Å²) in [5.41, 5.74) is 3.19. The minimum Gasteiger partial charge on any atom is -0.394 e. The molecule has 4 heterocycles. The molecule has 3 aromatic rings. The van der Waals surface area contributed by atoms with Crippen LogP contribution in [-0.2, 0) is 44.2 Å². The molecule has 3 aromatic carbocycles. The van der Waals surface area contributed by atoms with Crippen LogP contribution in [0.1, 0.15) is 67.7 Å². The van der Waals surface area contributed by atoms with E-state index in [1.165, 1.54) is 0 Å². The molecule has 11 heteroatoms. The topological polar surface area (TPSA) is 90.4 Å². The average Bonchev–Trinajstić information content (AvgIpc) is 3.52. The average molecular weight is 777 g/mol. The highest BCUT2D eigenvalue weighted by Crippen LogP contribution is 2.60. The van der Waals surface area contributed by atoms with Gasteiger partial charge in [0.2, 0.25) is 20.2 Å². The maximum absolute atomic E-state index is 16.5. The molecule has 0 aliphatic carbocycles. The van der Waals surface area contributed by atoms with E-state index in [-0.39, 0.29) is 43.3 Å². The quantitative estimate of drug-likeness (QED) is 0.200. The van der Waals surface area contributed by atoms with Gasteiger partial charge in [0.1, 0.15) is 0 Å². The van der Waals surface area contributed by atoms with E-state index in [4.69, 9.17) is 4.74 Å². The summed E-state index contributed by atoms with van der Waals surface area (Å²) in [5, 5.41) is 10.3. The molecule has 7 rings (SSSR count). The van der Waals surface area contributed by atoms with Crippen LogP contribution in [0.5, 0.6) is 0 Å². The number of aliphatic hydroxyl groups is 1. The summed E-state index contributed by atoms with van der Waals surface area (Å²) in [4.78, 5) is 47.1. The number of hydrogen-bond acceptors (Lipinski definition) is 5. The molecule has 1 N–H and O–H groups in total. The Hall–Kier alpha value is -3.38. The predicted octanol–water partition coefficient (Wildman–Crippen LogP) is 7.40. The molecule has 3 amide bonds. The molecule has 0 aromatic heterocycles. The number of ether oxygens (including phenoxy) is 1. The Morgan fingerprint density at radius 2 is 1.75 bits per heavy atom. The monoisotopic (exact) mass is 775 g/mol. The van der Waals surface area contributed by atoms with Crippen molar-refractivity contribution in [3.05, 3.63) is 93.5 Å². The van der Waals surface area contributed by atoms with Crippen LogP contribution in [0.15, 0.2) is 71.2 Å². The van der Waals surface area contributed by atoms with Crippen molar-refractivity contribution < 1.29 is 28.3 Å². The first-order valence-electron chi connectivity index (χ1n) is 18.3. The SMILES string of the molecule is C[C@H]1[C@H]([Si](C)(C)F)[C@@H](CC(=O)N2Cc3ccccc3C[C@H]2CO)O[C@]12C(=O)N(Cc1ccc(N3CCCCCCC3=O)cc1)c1ccc(Br)cc12. The summed E-state index contributed by atoms with van der Waals surface area (Å²) >= 11 is 3.61. The van der Waals surface area contributed by atoms with E-state index in [0.29, 0.717) is 37.2 Å². The molecule has 2 saturated heterocycles. The number of fused-ring (bicyclic) bond motifs is 3. The first-order chi connectivity index (χ1) is 24.4. The van der Waals surface area contributed by atoms with E-state index in [9.17, 15) is 19.5 Å². The molecule has 1 spiro atoms. The zero-order valence-electron chi connectivity index (χ0n) is 29.6. The molecule has 0 unspecified atom stereocenters. The Balaban J connectivity index is 1.17. The van der Waals surface area contributed by atoms with Gasteiger partial charge in [-0.1, -0.05) is 72.1 Å². The summed E-state index contributed by atoms with van der Waals surface area (Å²) in [6.07, 6.45) is 4.29. The Morgan fingerprint density at radius 3 is 2.47 bits per heavy atom. The highest BCUT2D eigenvalue weighted by Gasteiger charge is 2.67. The van der Waals surface area contributed by atoms with Gasteiger partial charge in [0.05, 0.1) is 37.4 Å². The van der Waals surface area contributed by atoms with Gasteiger partial charge in [-0.25, -0.2) is 0 Å². The van der Waals surface area contributed by atoms with Crippen molar-refractivity contribution in [2.24, 2.45) is 5.92 Å². The van der Waals surface area contributed by atoms with E-state index < -0.39 is 31.6 Å². The molecule has 4 aliphatic rings. The van der Waals surface area contributed by atoms with Crippen LogP contribution in [0.3, 0.4) is 0 Å². The molecular formula is C40H47BrFN3O5Si. The lowest BCUT2D eigenvalue weighted by Crippen LogP contribution is -2.48. The molecule has 0 bridgehead atoms. The van der Waals surface area contributed by atoms with Crippen LogP contribution < -0.4 is 9.80 Å².